The maximum atomic E-state index is 13.1. The fraction of sp³-hybridized carbons (Fsp3) is 0.200. The summed E-state index contributed by atoms with van der Waals surface area (Å²) in [6.45, 7) is 3.60. The third-order valence-corrected chi connectivity index (χ3v) is 2.88. The Labute approximate surface area is 116 Å². The predicted molar refractivity (Wildman–Crippen MR) is 74.7 cm³/mol. The molecule has 2 rings (SSSR count). The summed E-state index contributed by atoms with van der Waals surface area (Å²) in [6.07, 6.45) is 0. The van der Waals surface area contributed by atoms with Gasteiger partial charge in [0.05, 0.1) is 7.11 Å². The van der Waals surface area contributed by atoms with Crippen LogP contribution < -0.4 is 5.32 Å². The second kappa shape index (κ2) is 5.69. The molecule has 1 aromatic heterocycles. The maximum Gasteiger partial charge on any atom is 0.341 e. The first-order valence-electron chi connectivity index (χ1n) is 6.10. The first-order valence-corrected chi connectivity index (χ1v) is 6.10. The summed E-state index contributed by atoms with van der Waals surface area (Å²) in [7, 11) is 1.31. The number of hydrogen-bond donors (Lipinski definition) is 1. The van der Waals surface area contributed by atoms with Gasteiger partial charge in [-0.25, -0.2) is 14.2 Å². The van der Waals surface area contributed by atoms with Crippen molar-refractivity contribution in [3.63, 3.8) is 0 Å². The predicted octanol–water partition coefficient (Wildman–Crippen LogP) is 3.37. The first-order chi connectivity index (χ1) is 9.51. The lowest BCUT2D eigenvalue weighted by Gasteiger charge is -2.12. The van der Waals surface area contributed by atoms with Crippen LogP contribution in [0, 0.1) is 19.7 Å². The number of nitrogens with zero attached hydrogens (tertiary/aromatic N) is 1. The van der Waals surface area contributed by atoms with E-state index < -0.39 is 5.97 Å². The summed E-state index contributed by atoms with van der Waals surface area (Å²) in [5, 5.41) is 3.05. The lowest BCUT2D eigenvalue weighted by atomic mass is 10.1. The van der Waals surface area contributed by atoms with Gasteiger partial charge in [-0.15, -0.1) is 0 Å². The molecule has 5 heteroatoms. The van der Waals surface area contributed by atoms with Gasteiger partial charge >= 0.3 is 5.97 Å². The molecule has 0 aliphatic rings. The minimum Gasteiger partial charge on any atom is -0.465 e. The molecule has 0 bridgehead atoms. The molecule has 0 fully saturated rings. The second-order valence-electron chi connectivity index (χ2n) is 4.42. The normalized spacial score (nSPS) is 10.2. The number of esters is 1. The molecular formula is C15H15FN2O2. The zero-order chi connectivity index (χ0) is 14.7. The Bertz CT molecular complexity index is 656. The Morgan fingerprint density at radius 1 is 1.25 bits per heavy atom. The fourth-order valence-corrected chi connectivity index (χ4v) is 1.82. The van der Waals surface area contributed by atoms with Gasteiger partial charge in [-0.3, -0.25) is 0 Å². The third kappa shape index (κ3) is 2.93. The summed E-state index contributed by atoms with van der Waals surface area (Å²) in [5.74, 6) is -0.384. The molecule has 0 unspecified atom stereocenters. The average Bonchev–Trinajstić information content (AvgIpc) is 2.41. The highest BCUT2D eigenvalue weighted by molar-refractivity contribution is 5.95. The van der Waals surface area contributed by atoms with Crippen LogP contribution >= 0.6 is 0 Å². The molecule has 0 radical (unpaired) electrons. The van der Waals surface area contributed by atoms with Crippen LogP contribution in [0.3, 0.4) is 0 Å². The molecule has 104 valence electrons. The molecule has 0 saturated carbocycles. The lowest BCUT2D eigenvalue weighted by molar-refractivity contribution is 0.0601. The number of pyridine rings is 1. The Morgan fingerprint density at radius 3 is 2.65 bits per heavy atom. The molecule has 20 heavy (non-hydrogen) atoms. The molecule has 1 N–H and O–H groups in total. The average molecular weight is 274 g/mol. The van der Waals surface area contributed by atoms with E-state index in [1.807, 2.05) is 6.92 Å². The van der Waals surface area contributed by atoms with E-state index in [-0.39, 0.29) is 5.82 Å². The number of aryl methyl sites for hydroxylation is 2. The summed E-state index contributed by atoms with van der Waals surface area (Å²) in [5.41, 5.74) is 2.51. The number of rotatable bonds is 3. The van der Waals surface area contributed by atoms with Gasteiger partial charge in [-0.1, -0.05) is 0 Å². The number of halogens is 1. The Balaban J connectivity index is 2.41. The Morgan fingerprint density at radius 2 is 2.00 bits per heavy atom. The SMILES string of the molecule is COC(=O)c1ccc(C)nc1Nc1ccc(F)cc1C. The number of aromatic nitrogens is 1. The van der Waals surface area contributed by atoms with Gasteiger partial charge in [0, 0.05) is 11.4 Å². The van der Waals surface area contributed by atoms with Gasteiger partial charge in [0.1, 0.15) is 17.2 Å². The van der Waals surface area contributed by atoms with Crippen molar-refractivity contribution in [2.45, 2.75) is 13.8 Å². The smallest absolute Gasteiger partial charge is 0.341 e. The Hall–Kier alpha value is -2.43. The highest BCUT2D eigenvalue weighted by Gasteiger charge is 2.14. The van der Waals surface area contributed by atoms with Gasteiger partial charge in [0.2, 0.25) is 0 Å². The van der Waals surface area contributed by atoms with Gasteiger partial charge < -0.3 is 10.1 Å². The molecule has 1 aromatic carbocycles. The topological polar surface area (TPSA) is 51.2 Å². The highest BCUT2D eigenvalue weighted by Crippen LogP contribution is 2.23. The third-order valence-electron chi connectivity index (χ3n) is 2.88. The van der Waals surface area contributed by atoms with Crippen LogP contribution in [0.4, 0.5) is 15.9 Å². The molecule has 4 nitrogen and oxygen atoms in total. The lowest BCUT2D eigenvalue weighted by Crippen LogP contribution is -2.08. The van der Waals surface area contributed by atoms with E-state index in [0.717, 1.165) is 11.3 Å². The molecule has 0 spiro atoms. The van der Waals surface area contributed by atoms with E-state index in [1.54, 1.807) is 25.1 Å². The minimum absolute atomic E-state index is 0.307. The zero-order valence-electron chi connectivity index (χ0n) is 11.5. The standard InChI is InChI=1S/C15H15FN2O2/c1-9-8-11(16)5-7-13(9)18-14-12(15(19)20-3)6-4-10(2)17-14/h4-8H,1-3H3,(H,17,18). The summed E-state index contributed by atoms with van der Waals surface area (Å²) >= 11 is 0. The highest BCUT2D eigenvalue weighted by atomic mass is 19.1. The second-order valence-corrected chi connectivity index (χ2v) is 4.42. The summed E-state index contributed by atoms with van der Waals surface area (Å²) in [6, 6.07) is 7.75. The number of anilines is 2. The van der Waals surface area contributed by atoms with E-state index in [2.05, 4.69) is 10.3 Å². The molecule has 0 atom stereocenters. The zero-order valence-corrected chi connectivity index (χ0v) is 11.5. The minimum atomic E-state index is -0.472. The number of ether oxygens (including phenoxy) is 1. The summed E-state index contributed by atoms with van der Waals surface area (Å²) < 4.78 is 17.8. The van der Waals surface area contributed by atoms with Crippen molar-refractivity contribution in [2.24, 2.45) is 0 Å². The molecule has 0 aliphatic heterocycles. The molecule has 2 aromatic rings. The first kappa shape index (κ1) is 14.0. The largest absolute Gasteiger partial charge is 0.465 e. The van der Waals surface area contributed by atoms with Crippen molar-refractivity contribution >= 4 is 17.5 Å². The van der Waals surface area contributed by atoms with Gasteiger partial charge in [0.15, 0.2) is 0 Å². The molecule has 0 saturated heterocycles. The molecule has 1 heterocycles. The summed E-state index contributed by atoms with van der Waals surface area (Å²) in [4.78, 5) is 16.0. The molecule has 0 amide bonds. The number of methoxy groups -OCH3 is 1. The number of carbonyl (C=O) groups excluding carboxylic acids is 1. The number of hydrogen-bond acceptors (Lipinski definition) is 4. The quantitative estimate of drug-likeness (QED) is 0.872. The number of benzene rings is 1. The van der Waals surface area contributed by atoms with Crippen LogP contribution in [0.15, 0.2) is 30.3 Å². The van der Waals surface area contributed by atoms with E-state index in [1.165, 1.54) is 19.2 Å². The van der Waals surface area contributed by atoms with Crippen LogP contribution in [0.5, 0.6) is 0 Å². The van der Waals surface area contributed by atoms with Crippen LogP contribution in [0.25, 0.3) is 0 Å². The van der Waals surface area contributed by atoms with Gasteiger partial charge in [0.25, 0.3) is 0 Å². The van der Waals surface area contributed by atoms with Crippen molar-refractivity contribution in [1.82, 2.24) is 4.98 Å². The molecule has 0 aliphatic carbocycles. The maximum absolute atomic E-state index is 13.1. The number of carbonyl (C=O) groups is 1. The van der Waals surface area contributed by atoms with Gasteiger partial charge in [-0.05, 0) is 49.7 Å². The van der Waals surface area contributed by atoms with Crippen molar-refractivity contribution in [3.8, 4) is 0 Å². The van der Waals surface area contributed by atoms with E-state index in [0.29, 0.717) is 17.1 Å². The van der Waals surface area contributed by atoms with E-state index in [9.17, 15) is 9.18 Å². The van der Waals surface area contributed by atoms with Crippen LogP contribution in [0.2, 0.25) is 0 Å². The van der Waals surface area contributed by atoms with Crippen molar-refractivity contribution < 1.29 is 13.9 Å². The van der Waals surface area contributed by atoms with Crippen molar-refractivity contribution in [3.05, 3.63) is 53.0 Å². The number of nitrogens with one attached hydrogen (secondary N) is 1. The van der Waals surface area contributed by atoms with Crippen LogP contribution in [-0.4, -0.2) is 18.1 Å². The van der Waals surface area contributed by atoms with Crippen molar-refractivity contribution in [2.75, 3.05) is 12.4 Å². The van der Waals surface area contributed by atoms with Gasteiger partial charge in [-0.2, -0.15) is 0 Å². The fourth-order valence-electron chi connectivity index (χ4n) is 1.82. The van der Waals surface area contributed by atoms with E-state index >= 15 is 0 Å². The van der Waals surface area contributed by atoms with E-state index in [4.69, 9.17) is 4.74 Å². The molecular weight excluding hydrogens is 259 g/mol. The monoisotopic (exact) mass is 274 g/mol. The van der Waals surface area contributed by atoms with Crippen LogP contribution in [0.1, 0.15) is 21.6 Å². The van der Waals surface area contributed by atoms with Crippen LogP contribution in [-0.2, 0) is 4.74 Å². The van der Waals surface area contributed by atoms with Crippen molar-refractivity contribution in [1.29, 1.82) is 0 Å². The Kier molecular flexibility index (Phi) is 3.98.